The van der Waals surface area contributed by atoms with E-state index >= 15 is 0 Å². The van der Waals surface area contributed by atoms with E-state index in [9.17, 15) is 9.59 Å². The molecule has 0 aliphatic rings. The first-order valence-corrected chi connectivity index (χ1v) is 3.99. The Morgan fingerprint density at radius 1 is 1.46 bits per heavy atom. The van der Waals surface area contributed by atoms with Gasteiger partial charge in [-0.15, -0.1) is 0 Å². The van der Waals surface area contributed by atoms with Crippen LogP contribution in [0.4, 0.5) is 0 Å². The number of hydrogen-bond donors (Lipinski definition) is 0. The maximum absolute atomic E-state index is 11.4. The molecule has 0 atom stereocenters. The van der Waals surface area contributed by atoms with Crippen LogP contribution < -0.4 is 16.1 Å². The quantitative estimate of drug-likeness (QED) is 0.616. The van der Waals surface area contributed by atoms with Crippen LogP contribution in [0.3, 0.4) is 0 Å². The lowest BCUT2D eigenvalue weighted by molar-refractivity contribution is 0.138. The number of aryl methyl sites for hydroxylation is 2. The lowest BCUT2D eigenvalue weighted by Gasteiger charge is -2.07. The van der Waals surface area contributed by atoms with E-state index in [4.69, 9.17) is 0 Å². The highest BCUT2D eigenvalue weighted by molar-refractivity contribution is 5.01. The topological polar surface area (TPSA) is 53.2 Å². The van der Waals surface area contributed by atoms with Crippen molar-refractivity contribution in [2.75, 3.05) is 7.11 Å². The zero-order valence-electron chi connectivity index (χ0n) is 7.90. The van der Waals surface area contributed by atoms with Crippen molar-refractivity contribution in [1.29, 1.82) is 0 Å². The van der Waals surface area contributed by atoms with Gasteiger partial charge in [0.15, 0.2) is 0 Å². The van der Waals surface area contributed by atoms with Gasteiger partial charge in [-0.3, -0.25) is 9.36 Å². The summed E-state index contributed by atoms with van der Waals surface area (Å²) >= 11 is 0. The molecule has 0 aliphatic heterocycles. The van der Waals surface area contributed by atoms with Crippen LogP contribution in [-0.2, 0) is 6.54 Å². The highest BCUT2D eigenvalue weighted by Crippen LogP contribution is 1.84. The molecule has 0 fully saturated rings. The third-order valence-corrected chi connectivity index (χ3v) is 1.81. The van der Waals surface area contributed by atoms with Crippen LogP contribution in [0.5, 0.6) is 0 Å². The normalized spacial score (nSPS) is 10.1. The minimum atomic E-state index is -0.444. The Kier molecular flexibility index (Phi) is 2.55. The first-order chi connectivity index (χ1) is 6.11. The fourth-order valence-electron chi connectivity index (χ4n) is 1.10. The zero-order chi connectivity index (χ0) is 10.0. The Bertz CT molecular complexity index is 416. The predicted molar refractivity (Wildman–Crippen MR) is 47.9 cm³/mol. The molecule has 0 aromatic carbocycles. The summed E-state index contributed by atoms with van der Waals surface area (Å²) in [5.41, 5.74) is -0.360. The van der Waals surface area contributed by atoms with Crippen molar-refractivity contribution in [1.82, 2.24) is 9.30 Å². The highest BCUT2D eigenvalue weighted by Gasteiger charge is 2.06. The summed E-state index contributed by atoms with van der Waals surface area (Å²) in [6.07, 6.45) is 1.53. The van der Waals surface area contributed by atoms with Crippen LogP contribution in [0, 0.1) is 6.92 Å². The Morgan fingerprint density at radius 3 is 2.54 bits per heavy atom. The van der Waals surface area contributed by atoms with Gasteiger partial charge in [0, 0.05) is 18.3 Å². The first-order valence-electron chi connectivity index (χ1n) is 3.99. The summed E-state index contributed by atoms with van der Waals surface area (Å²) in [7, 11) is 1.29. The van der Waals surface area contributed by atoms with Crippen molar-refractivity contribution in [3.8, 4) is 0 Å². The van der Waals surface area contributed by atoms with E-state index in [1.807, 2.05) is 6.92 Å². The molecule has 5 nitrogen and oxygen atoms in total. The van der Waals surface area contributed by atoms with Crippen molar-refractivity contribution in [3.05, 3.63) is 32.6 Å². The molecule has 1 aromatic heterocycles. The van der Waals surface area contributed by atoms with Gasteiger partial charge in [0.05, 0.1) is 0 Å². The molecule has 0 amide bonds. The van der Waals surface area contributed by atoms with E-state index in [2.05, 4.69) is 4.84 Å². The highest BCUT2D eigenvalue weighted by atomic mass is 16.7. The molecular weight excluding hydrogens is 172 g/mol. The zero-order valence-corrected chi connectivity index (χ0v) is 7.90. The van der Waals surface area contributed by atoms with E-state index in [0.29, 0.717) is 12.1 Å². The number of rotatable bonds is 2. The fraction of sp³-hybridized carbons (Fsp3) is 0.500. The lowest BCUT2D eigenvalue weighted by atomic mass is 10.4. The minimum Gasteiger partial charge on any atom is -0.409 e. The molecule has 0 saturated carbocycles. The molecule has 0 aliphatic carbocycles. The summed E-state index contributed by atoms with van der Waals surface area (Å²) in [6.45, 7) is 3.98. The van der Waals surface area contributed by atoms with Gasteiger partial charge in [-0.1, -0.05) is 4.73 Å². The molecule has 13 heavy (non-hydrogen) atoms. The Hall–Kier alpha value is -1.52. The van der Waals surface area contributed by atoms with Crippen molar-refractivity contribution in [2.45, 2.75) is 20.4 Å². The van der Waals surface area contributed by atoms with Crippen LogP contribution in [0.25, 0.3) is 0 Å². The third kappa shape index (κ3) is 1.49. The molecule has 5 heteroatoms. The molecule has 0 radical (unpaired) electrons. The van der Waals surface area contributed by atoms with Gasteiger partial charge in [0.1, 0.15) is 7.11 Å². The third-order valence-electron chi connectivity index (χ3n) is 1.81. The van der Waals surface area contributed by atoms with Crippen LogP contribution >= 0.6 is 0 Å². The van der Waals surface area contributed by atoms with Gasteiger partial charge in [-0.05, 0) is 13.8 Å². The molecule has 1 rings (SSSR count). The second kappa shape index (κ2) is 3.47. The van der Waals surface area contributed by atoms with Gasteiger partial charge >= 0.3 is 5.69 Å². The molecule has 1 heterocycles. The van der Waals surface area contributed by atoms with Gasteiger partial charge in [-0.2, -0.15) is 0 Å². The fourth-order valence-corrected chi connectivity index (χ4v) is 1.10. The monoisotopic (exact) mass is 184 g/mol. The van der Waals surface area contributed by atoms with Gasteiger partial charge < -0.3 is 4.84 Å². The number of hydrogen-bond acceptors (Lipinski definition) is 3. The van der Waals surface area contributed by atoms with Crippen molar-refractivity contribution >= 4 is 0 Å². The van der Waals surface area contributed by atoms with Crippen LogP contribution in [0.1, 0.15) is 12.5 Å². The molecule has 0 unspecified atom stereocenters. The van der Waals surface area contributed by atoms with Gasteiger partial charge in [-0.25, -0.2) is 4.79 Å². The summed E-state index contributed by atoms with van der Waals surface area (Å²) < 4.78 is 2.17. The number of nitrogens with zero attached hydrogens (tertiary/aromatic N) is 2. The molecule has 0 spiro atoms. The predicted octanol–water partition coefficient (Wildman–Crippen LogP) is -0.603. The van der Waals surface area contributed by atoms with E-state index in [-0.39, 0.29) is 0 Å². The van der Waals surface area contributed by atoms with Gasteiger partial charge in [0.25, 0.3) is 5.56 Å². The number of aromatic nitrogens is 2. The second-order valence-corrected chi connectivity index (χ2v) is 2.66. The van der Waals surface area contributed by atoms with Crippen LogP contribution in [0.15, 0.2) is 15.8 Å². The Balaban J connectivity index is 3.58. The molecule has 0 N–H and O–H groups in total. The van der Waals surface area contributed by atoms with Crippen molar-refractivity contribution < 1.29 is 4.84 Å². The SMILES string of the molecule is CCn1cc(C)c(=O)n(OC)c1=O. The summed E-state index contributed by atoms with van der Waals surface area (Å²) in [5, 5.41) is 0. The largest absolute Gasteiger partial charge is 0.409 e. The standard InChI is InChI=1S/C8H12N2O3/c1-4-9-5-6(2)7(11)10(13-3)8(9)12/h5H,4H2,1-3H3. The first kappa shape index (κ1) is 9.57. The molecular formula is C8H12N2O3. The smallest absolute Gasteiger partial charge is 0.364 e. The van der Waals surface area contributed by atoms with E-state index in [1.165, 1.54) is 17.9 Å². The van der Waals surface area contributed by atoms with E-state index in [1.54, 1.807) is 6.92 Å². The molecule has 1 aromatic rings. The Labute approximate surface area is 75.1 Å². The van der Waals surface area contributed by atoms with Crippen LogP contribution in [-0.4, -0.2) is 16.4 Å². The summed E-state index contributed by atoms with van der Waals surface area (Å²) in [5.74, 6) is 0. The van der Waals surface area contributed by atoms with Crippen molar-refractivity contribution in [3.63, 3.8) is 0 Å². The average molecular weight is 184 g/mol. The second-order valence-electron chi connectivity index (χ2n) is 2.66. The Morgan fingerprint density at radius 2 is 2.08 bits per heavy atom. The molecule has 72 valence electrons. The molecule has 0 saturated heterocycles. The molecule has 0 bridgehead atoms. The van der Waals surface area contributed by atoms with E-state index in [0.717, 1.165) is 4.73 Å². The maximum atomic E-state index is 11.4. The summed E-state index contributed by atoms with van der Waals surface area (Å²) in [4.78, 5) is 27.4. The average Bonchev–Trinajstić information content (AvgIpc) is 2.12. The lowest BCUT2D eigenvalue weighted by Crippen LogP contribution is -2.43. The van der Waals surface area contributed by atoms with Crippen LogP contribution in [0.2, 0.25) is 0 Å². The van der Waals surface area contributed by atoms with Gasteiger partial charge in [0.2, 0.25) is 0 Å². The maximum Gasteiger partial charge on any atom is 0.364 e. The van der Waals surface area contributed by atoms with E-state index < -0.39 is 11.2 Å². The minimum absolute atomic E-state index is 0.405. The summed E-state index contributed by atoms with van der Waals surface area (Å²) in [6, 6.07) is 0. The van der Waals surface area contributed by atoms with Crippen molar-refractivity contribution in [2.24, 2.45) is 0 Å².